The Kier molecular flexibility index (Phi) is 2.27. The standard InChI is InChI=1S/C8H5ClINS/c1-4-8(10)5-2-7(9)11-3-6(5)12-4/h2-3H,1H3. The number of aryl methyl sites for hydroxylation is 1. The summed E-state index contributed by atoms with van der Waals surface area (Å²) in [4.78, 5) is 5.36. The predicted octanol–water partition coefficient (Wildman–Crippen LogP) is 3.86. The Bertz CT molecular complexity index is 438. The van der Waals surface area contributed by atoms with E-state index in [0.717, 1.165) is 0 Å². The second kappa shape index (κ2) is 3.12. The maximum absolute atomic E-state index is 5.79. The number of hydrogen-bond donors (Lipinski definition) is 0. The van der Waals surface area contributed by atoms with Crippen LogP contribution in [0.2, 0.25) is 5.15 Å². The van der Waals surface area contributed by atoms with Crippen LogP contribution in [0.3, 0.4) is 0 Å². The molecule has 0 aromatic carbocycles. The average molecular weight is 310 g/mol. The summed E-state index contributed by atoms with van der Waals surface area (Å²) in [5.41, 5.74) is 0. The Balaban J connectivity index is 2.88. The Morgan fingerprint density at radius 2 is 2.33 bits per heavy atom. The average Bonchev–Trinajstić information content (AvgIpc) is 2.31. The van der Waals surface area contributed by atoms with Gasteiger partial charge in [-0.2, -0.15) is 0 Å². The first-order valence-electron chi connectivity index (χ1n) is 3.38. The zero-order valence-corrected chi connectivity index (χ0v) is 10.00. The highest BCUT2D eigenvalue weighted by Crippen LogP contribution is 2.32. The van der Waals surface area contributed by atoms with Crippen molar-refractivity contribution in [3.63, 3.8) is 0 Å². The molecular weight excluding hydrogens is 305 g/mol. The summed E-state index contributed by atoms with van der Waals surface area (Å²) < 4.78 is 2.50. The van der Waals surface area contributed by atoms with Crippen LogP contribution in [0, 0.1) is 10.5 Å². The maximum atomic E-state index is 5.79. The van der Waals surface area contributed by atoms with E-state index >= 15 is 0 Å². The number of pyridine rings is 1. The van der Waals surface area contributed by atoms with Gasteiger partial charge in [-0.3, -0.25) is 0 Å². The molecule has 0 unspecified atom stereocenters. The smallest absolute Gasteiger partial charge is 0.129 e. The molecule has 2 aromatic rings. The number of halogens is 2. The molecule has 0 amide bonds. The molecule has 0 bridgehead atoms. The molecule has 4 heteroatoms. The third-order valence-corrected chi connectivity index (χ3v) is 4.66. The van der Waals surface area contributed by atoms with E-state index in [1.165, 1.54) is 18.5 Å². The van der Waals surface area contributed by atoms with Crippen LogP contribution in [0.15, 0.2) is 12.3 Å². The molecular formula is C8H5ClINS. The van der Waals surface area contributed by atoms with Gasteiger partial charge in [0.05, 0.1) is 4.70 Å². The van der Waals surface area contributed by atoms with Crippen molar-refractivity contribution in [2.75, 3.05) is 0 Å². The van der Waals surface area contributed by atoms with Gasteiger partial charge in [0.25, 0.3) is 0 Å². The summed E-state index contributed by atoms with van der Waals surface area (Å²) in [6, 6.07) is 1.92. The lowest BCUT2D eigenvalue weighted by molar-refractivity contribution is 1.37. The van der Waals surface area contributed by atoms with Crippen LogP contribution in [0.1, 0.15) is 4.88 Å². The van der Waals surface area contributed by atoms with E-state index < -0.39 is 0 Å². The highest BCUT2D eigenvalue weighted by Gasteiger charge is 2.06. The SMILES string of the molecule is Cc1sc2cnc(Cl)cc2c1I. The highest BCUT2D eigenvalue weighted by atomic mass is 127. The maximum Gasteiger partial charge on any atom is 0.129 e. The van der Waals surface area contributed by atoms with Crippen molar-refractivity contribution in [1.29, 1.82) is 0 Å². The fraction of sp³-hybridized carbons (Fsp3) is 0.125. The lowest BCUT2D eigenvalue weighted by Gasteiger charge is -1.90. The molecule has 0 aliphatic heterocycles. The molecule has 0 saturated carbocycles. The van der Waals surface area contributed by atoms with E-state index in [0.29, 0.717) is 5.15 Å². The summed E-state index contributed by atoms with van der Waals surface area (Å²) in [5.74, 6) is 0. The minimum atomic E-state index is 0.568. The molecule has 2 heterocycles. The summed E-state index contributed by atoms with van der Waals surface area (Å²) >= 11 is 9.89. The van der Waals surface area contributed by atoms with Gasteiger partial charge in [0.2, 0.25) is 0 Å². The van der Waals surface area contributed by atoms with Gasteiger partial charge < -0.3 is 0 Å². The lowest BCUT2D eigenvalue weighted by Crippen LogP contribution is -1.73. The molecule has 0 atom stereocenters. The van der Waals surface area contributed by atoms with Crippen molar-refractivity contribution < 1.29 is 0 Å². The number of fused-ring (bicyclic) bond motifs is 1. The van der Waals surface area contributed by atoms with E-state index in [9.17, 15) is 0 Å². The zero-order valence-electron chi connectivity index (χ0n) is 6.27. The summed E-state index contributed by atoms with van der Waals surface area (Å²) in [5, 5.41) is 1.79. The van der Waals surface area contributed by atoms with E-state index in [-0.39, 0.29) is 0 Å². The Morgan fingerprint density at radius 3 is 3.08 bits per heavy atom. The molecule has 0 radical (unpaired) electrons. The quantitative estimate of drug-likeness (QED) is 0.532. The van der Waals surface area contributed by atoms with Crippen LogP contribution in [0.25, 0.3) is 10.1 Å². The van der Waals surface area contributed by atoms with Gasteiger partial charge in [-0.15, -0.1) is 11.3 Å². The molecule has 0 aliphatic rings. The van der Waals surface area contributed by atoms with E-state index in [2.05, 4.69) is 34.5 Å². The normalized spacial score (nSPS) is 10.9. The molecule has 62 valence electrons. The first-order valence-corrected chi connectivity index (χ1v) is 5.66. The molecule has 0 aliphatic carbocycles. The number of aromatic nitrogens is 1. The van der Waals surface area contributed by atoms with Crippen molar-refractivity contribution in [2.45, 2.75) is 6.92 Å². The molecule has 2 rings (SSSR count). The van der Waals surface area contributed by atoms with Crippen LogP contribution >= 0.6 is 45.5 Å². The molecule has 12 heavy (non-hydrogen) atoms. The molecule has 0 N–H and O–H groups in total. The molecule has 0 fully saturated rings. The van der Waals surface area contributed by atoms with Gasteiger partial charge in [-0.1, -0.05) is 11.6 Å². The Morgan fingerprint density at radius 1 is 1.58 bits per heavy atom. The van der Waals surface area contributed by atoms with Gasteiger partial charge in [-0.25, -0.2) is 4.98 Å². The van der Waals surface area contributed by atoms with Gasteiger partial charge in [0.1, 0.15) is 5.15 Å². The number of hydrogen-bond acceptors (Lipinski definition) is 2. The second-order valence-electron chi connectivity index (χ2n) is 2.48. The summed E-state index contributed by atoms with van der Waals surface area (Å²) in [6.07, 6.45) is 1.83. The molecule has 1 nitrogen and oxygen atoms in total. The first-order chi connectivity index (χ1) is 5.68. The second-order valence-corrected chi connectivity index (χ2v) is 5.20. The topological polar surface area (TPSA) is 12.9 Å². The molecule has 0 spiro atoms. The van der Waals surface area contributed by atoms with Crippen LogP contribution in [0.5, 0.6) is 0 Å². The fourth-order valence-electron chi connectivity index (χ4n) is 1.07. The molecule has 0 saturated heterocycles. The van der Waals surface area contributed by atoms with Crippen molar-refractivity contribution in [2.24, 2.45) is 0 Å². The largest absolute Gasteiger partial charge is 0.243 e. The van der Waals surface area contributed by atoms with Gasteiger partial charge >= 0.3 is 0 Å². The number of rotatable bonds is 0. The Hall–Kier alpha value is 0.130. The minimum Gasteiger partial charge on any atom is -0.243 e. The zero-order chi connectivity index (χ0) is 8.72. The van der Waals surface area contributed by atoms with Crippen LogP contribution in [0.4, 0.5) is 0 Å². The van der Waals surface area contributed by atoms with Gasteiger partial charge in [-0.05, 0) is 35.6 Å². The van der Waals surface area contributed by atoms with Crippen LogP contribution in [-0.2, 0) is 0 Å². The van der Waals surface area contributed by atoms with Crippen molar-refractivity contribution in [1.82, 2.24) is 4.98 Å². The fourth-order valence-corrected chi connectivity index (χ4v) is 3.09. The van der Waals surface area contributed by atoms with Crippen LogP contribution in [-0.4, -0.2) is 4.98 Å². The van der Waals surface area contributed by atoms with Crippen molar-refractivity contribution in [3.8, 4) is 0 Å². The third-order valence-electron chi connectivity index (χ3n) is 1.64. The highest BCUT2D eigenvalue weighted by molar-refractivity contribution is 14.1. The first kappa shape index (κ1) is 8.72. The lowest BCUT2D eigenvalue weighted by atomic mass is 10.3. The van der Waals surface area contributed by atoms with Crippen molar-refractivity contribution >= 4 is 55.6 Å². The van der Waals surface area contributed by atoms with E-state index in [1.807, 2.05) is 12.3 Å². The number of thiophene rings is 1. The van der Waals surface area contributed by atoms with E-state index in [4.69, 9.17) is 11.6 Å². The monoisotopic (exact) mass is 309 g/mol. The van der Waals surface area contributed by atoms with E-state index in [1.54, 1.807) is 11.3 Å². The van der Waals surface area contributed by atoms with Crippen LogP contribution < -0.4 is 0 Å². The van der Waals surface area contributed by atoms with Gasteiger partial charge in [0, 0.05) is 20.0 Å². The number of nitrogens with zero attached hydrogens (tertiary/aromatic N) is 1. The van der Waals surface area contributed by atoms with Gasteiger partial charge in [0.15, 0.2) is 0 Å². The third kappa shape index (κ3) is 1.34. The minimum absolute atomic E-state index is 0.568. The Labute approximate surface area is 92.9 Å². The summed E-state index contributed by atoms with van der Waals surface area (Å²) in [6.45, 7) is 2.11. The molecule has 2 aromatic heterocycles. The predicted molar refractivity (Wildman–Crippen MR) is 62.1 cm³/mol. The van der Waals surface area contributed by atoms with Crippen molar-refractivity contribution in [3.05, 3.63) is 25.9 Å². The summed E-state index contributed by atoms with van der Waals surface area (Å²) in [7, 11) is 0.